The maximum absolute atomic E-state index is 11.9. The molecule has 0 fully saturated rings. The number of hydrogen-bond acceptors (Lipinski definition) is 2. The number of hydrogen-bond donors (Lipinski definition) is 1. The van der Waals surface area contributed by atoms with E-state index >= 15 is 0 Å². The highest BCUT2D eigenvalue weighted by atomic mass is 35.5. The molecule has 0 aliphatic carbocycles. The first kappa shape index (κ1) is 15.4. The molecule has 0 radical (unpaired) electrons. The second-order valence-electron chi connectivity index (χ2n) is 3.75. The highest BCUT2D eigenvalue weighted by molar-refractivity contribution is 6.34. The summed E-state index contributed by atoms with van der Waals surface area (Å²) in [5.41, 5.74) is 0. The first-order valence-corrected chi connectivity index (χ1v) is 5.92. The minimum atomic E-state index is -4.23. The molecule has 1 N–H and O–H groups in total. The Morgan fingerprint density at radius 2 is 2.00 bits per heavy atom. The van der Waals surface area contributed by atoms with E-state index in [1.165, 1.54) is 6.07 Å². The Hall–Kier alpha value is -0.650. The molecule has 7 heteroatoms. The molecule has 1 unspecified atom stereocenters. The van der Waals surface area contributed by atoms with Crippen LogP contribution in [0.25, 0.3) is 0 Å². The van der Waals surface area contributed by atoms with Crippen LogP contribution in [-0.2, 0) is 0 Å². The van der Waals surface area contributed by atoms with Crippen LogP contribution in [0.5, 0.6) is 5.75 Å². The Morgan fingerprint density at radius 3 is 2.61 bits per heavy atom. The first-order chi connectivity index (χ1) is 8.28. The van der Waals surface area contributed by atoms with Crippen LogP contribution in [0.1, 0.15) is 6.92 Å². The summed E-state index contributed by atoms with van der Waals surface area (Å²) >= 11 is 11.6. The lowest BCUT2D eigenvalue weighted by Crippen LogP contribution is -2.35. The summed E-state index contributed by atoms with van der Waals surface area (Å²) < 4.78 is 41.1. The molecule has 18 heavy (non-hydrogen) atoms. The lowest BCUT2D eigenvalue weighted by Gasteiger charge is -2.17. The average molecular weight is 302 g/mol. The summed E-state index contributed by atoms with van der Waals surface area (Å²) in [5.74, 6) is 0.352. The molecule has 102 valence electrons. The molecule has 2 nitrogen and oxygen atoms in total. The number of nitrogens with one attached hydrogen (secondary N) is 1. The molecule has 1 aromatic carbocycles. The Labute approximate surface area is 113 Å². The molecular formula is C11H12Cl2F3NO. The zero-order valence-corrected chi connectivity index (χ0v) is 11.0. The van der Waals surface area contributed by atoms with Crippen molar-refractivity contribution in [2.24, 2.45) is 0 Å². The highest BCUT2D eigenvalue weighted by Crippen LogP contribution is 2.28. The zero-order chi connectivity index (χ0) is 13.8. The SMILES string of the molecule is CC(CNCC(F)(F)F)Oc1cc(Cl)ccc1Cl. The molecule has 0 aromatic heterocycles. The predicted octanol–water partition coefficient (Wildman–Crippen LogP) is 3.91. The smallest absolute Gasteiger partial charge is 0.401 e. The van der Waals surface area contributed by atoms with Crippen molar-refractivity contribution in [3.63, 3.8) is 0 Å². The third-order valence-electron chi connectivity index (χ3n) is 1.98. The van der Waals surface area contributed by atoms with E-state index in [-0.39, 0.29) is 6.54 Å². The molecule has 0 amide bonds. The average Bonchev–Trinajstić information content (AvgIpc) is 2.21. The van der Waals surface area contributed by atoms with Gasteiger partial charge in [-0.2, -0.15) is 13.2 Å². The van der Waals surface area contributed by atoms with Crippen molar-refractivity contribution >= 4 is 23.2 Å². The Morgan fingerprint density at radius 1 is 1.33 bits per heavy atom. The molecule has 0 saturated carbocycles. The maximum Gasteiger partial charge on any atom is 0.401 e. The maximum atomic E-state index is 11.9. The molecule has 1 atom stereocenters. The van der Waals surface area contributed by atoms with Crippen molar-refractivity contribution in [2.75, 3.05) is 13.1 Å². The van der Waals surface area contributed by atoms with Crippen LogP contribution in [0.3, 0.4) is 0 Å². The normalized spacial score (nSPS) is 13.4. The van der Waals surface area contributed by atoms with E-state index in [1.807, 2.05) is 0 Å². The lowest BCUT2D eigenvalue weighted by atomic mass is 10.3. The van der Waals surface area contributed by atoms with Gasteiger partial charge in [-0.25, -0.2) is 0 Å². The monoisotopic (exact) mass is 301 g/mol. The Kier molecular flexibility index (Phi) is 5.56. The Balaban J connectivity index is 2.44. The Bertz CT molecular complexity index is 398. The minimum absolute atomic E-state index is 0.0579. The number of halogens is 5. The van der Waals surface area contributed by atoms with Crippen LogP contribution in [0.4, 0.5) is 13.2 Å². The summed E-state index contributed by atoms with van der Waals surface area (Å²) in [7, 11) is 0. The predicted molar refractivity (Wildman–Crippen MR) is 65.5 cm³/mol. The van der Waals surface area contributed by atoms with E-state index < -0.39 is 18.8 Å². The van der Waals surface area contributed by atoms with Crippen LogP contribution >= 0.6 is 23.2 Å². The second kappa shape index (κ2) is 6.50. The van der Waals surface area contributed by atoms with Crippen molar-refractivity contribution in [2.45, 2.75) is 19.2 Å². The largest absolute Gasteiger partial charge is 0.488 e. The van der Waals surface area contributed by atoms with Crippen LogP contribution in [0.2, 0.25) is 10.0 Å². The summed E-state index contributed by atoms with van der Waals surface area (Å²) in [6.45, 7) is 0.646. The fraction of sp³-hybridized carbons (Fsp3) is 0.455. The quantitative estimate of drug-likeness (QED) is 0.890. The van der Waals surface area contributed by atoms with Crippen LogP contribution in [-0.4, -0.2) is 25.4 Å². The van der Waals surface area contributed by atoms with Gasteiger partial charge in [-0.05, 0) is 19.1 Å². The summed E-state index contributed by atoms with van der Waals surface area (Å²) in [6, 6.07) is 4.68. The van der Waals surface area contributed by atoms with Gasteiger partial charge < -0.3 is 10.1 Å². The van der Waals surface area contributed by atoms with Crippen molar-refractivity contribution in [1.82, 2.24) is 5.32 Å². The van der Waals surface area contributed by atoms with Crippen LogP contribution in [0.15, 0.2) is 18.2 Å². The van der Waals surface area contributed by atoms with Crippen molar-refractivity contribution in [1.29, 1.82) is 0 Å². The molecule has 1 aromatic rings. The van der Waals surface area contributed by atoms with Gasteiger partial charge in [0.05, 0.1) is 11.6 Å². The molecule has 1 rings (SSSR count). The third-order valence-corrected chi connectivity index (χ3v) is 2.53. The molecule has 0 aliphatic rings. The first-order valence-electron chi connectivity index (χ1n) is 5.17. The topological polar surface area (TPSA) is 21.3 Å². The summed E-state index contributed by atoms with van der Waals surface area (Å²) in [5, 5.41) is 3.07. The molecule has 0 bridgehead atoms. The van der Waals surface area contributed by atoms with Gasteiger partial charge in [0.15, 0.2) is 0 Å². The van der Waals surface area contributed by atoms with Gasteiger partial charge in [-0.3, -0.25) is 0 Å². The van der Waals surface area contributed by atoms with Crippen molar-refractivity contribution in [3.8, 4) is 5.75 Å². The lowest BCUT2D eigenvalue weighted by molar-refractivity contribution is -0.125. The third kappa shape index (κ3) is 5.80. The molecule has 0 spiro atoms. The number of ether oxygens (including phenoxy) is 1. The van der Waals surface area contributed by atoms with Gasteiger partial charge >= 0.3 is 6.18 Å². The van der Waals surface area contributed by atoms with E-state index in [0.717, 1.165) is 0 Å². The van der Waals surface area contributed by atoms with Crippen molar-refractivity contribution in [3.05, 3.63) is 28.2 Å². The second-order valence-corrected chi connectivity index (χ2v) is 4.59. The van der Waals surface area contributed by atoms with E-state index in [4.69, 9.17) is 27.9 Å². The van der Waals surface area contributed by atoms with Gasteiger partial charge in [0.25, 0.3) is 0 Å². The fourth-order valence-electron chi connectivity index (χ4n) is 1.24. The number of alkyl halides is 3. The van der Waals surface area contributed by atoms with Crippen LogP contribution < -0.4 is 10.1 Å². The van der Waals surface area contributed by atoms with E-state index in [2.05, 4.69) is 5.32 Å². The number of rotatable bonds is 5. The van der Waals surface area contributed by atoms with Crippen molar-refractivity contribution < 1.29 is 17.9 Å². The molecule has 0 heterocycles. The van der Waals surface area contributed by atoms with E-state index in [1.54, 1.807) is 19.1 Å². The molecule has 0 aliphatic heterocycles. The fourth-order valence-corrected chi connectivity index (χ4v) is 1.57. The zero-order valence-electron chi connectivity index (χ0n) is 9.52. The number of benzene rings is 1. The van der Waals surface area contributed by atoms with E-state index in [0.29, 0.717) is 15.8 Å². The minimum Gasteiger partial charge on any atom is -0.488 e. The van der Waals surface area contributed by atoms with Gasteiger partial charge in [-0.15, -0.1) is 0 Å². The molecular weight excluding hydrogens is 290 g/mol. The van der Waals surface area contributed by atoms with Gasteiger partial charge in [0.2, 0.25) is 0 Å². The standard InChI is InChI=1S/C11H12Cl2F3NO/c1-7(5-17-6-11(14,15)16)18-10-4-8(12)2-3-9(10)13/h2-4,7,17H,5-6H2,1H3. The summed E-state index contributed by atoms with van der Waals surface area (Å²) in [6.07, 6.45) is -4.68. The van der Waals surface area contributed by atoms with Gasteiger partial charge in [0, 0.05) is 17.6 Å². The van der Waals surface area contributed by atoms with E-state index in [9.17, 15) is 13.2 Å². The van der Waals surface area contributed by atoms with Gasteiger partial charge in [0.1, 0.15) is 11.9 Å². The molecule has 0 saturated heterocycles. The summed E-state index contributed by atoms with van der Waals surface area (Å²) in [4.78, 5) is 0. The van der Waals surface area contributed by atoms with Gasteiger partial charge in [-0.1, -0.05) is 23.2 Å². The highest BCUT2D eigenvalue weighted by Gasteiger charge is 2.26. The van der Waals surface area contributed by atoms with Crippen LogP contribution in [0, 0.1) is 0 Å².